The third-order valence-corrected chi connectivity index (χ3v) is 4.01. The molecule has 1 N–H and O–H groups in total. The molecule has 6 heteroatoms. The zero-order valence-corrected chi connectivity index (χ0v) is 13.9. The van der Waals surface area contributed by atoms with Gasteiger partial charge in [0.05, 0.1) is 19.9 Å². The molecule has 3 rings (SSSR count). The van der Waals surface area contributed by atoms with Gasteiger partial charge in [-0.25, -0.2) is 9.48 Å². The first-order valence-electron chi connectivity index (χ1n) is 7.95. The fourth-order valence-electron chi connectivity index (χ4n) is 2.60. The van der Waals surface area contributed by atoms with E-state index in [9.17, 15) is 4.79 Å². The van der Waals surface area contributed by atoms with Crippen LogP contribution in [0.5, 0.6) is 0 Å². The van der Waals surface area contributed by atoms with Crippen molar-refractivity contribution in [2.24, 2.45) is 0 Å². The molecule has 6 nitrogen and oxygen atoms in total. The Kier molecular flexibility index (Phi) is 5.20. The minimum Gasteiger partial charge on any atom is -0.467 e. The van der Waals surface area contributed by atoms with Crippen LogP contribution in [0.2, 0.25) is 0 Å². The van der Waals surface area contributed by atoms with Crippen molar-refractivity contribution in [3.8, 4) is 11.3 Å². The summed E-state index contributed by atoms with van der Waals surface area (Å²) in [5.74, 6) is -0.365. The maximum Gasteiger partial charge on any atom is 0.331 e. The highest BCUT2D eigenvalue weighted by atomic mass is 16.5. The molecule has 0 radical (unpaired) electrons. The van der Waals surface area contributed by atoms with E-state index in [2.05, 4.69) is 10.3 Å². The van der Waals surface area contributed by atoms with Gasteiger partial charge in [-0.1, -0.05) is 59.8 Å². The third-order valence-electron chi connectivity index (χ3n) is 4.01. The molecule has 25 heavy (non-hydrogen) atoms. The number of rotatable bonds is 6. The highest BCUT2D eigenvalue weighted by Gasteiger charge is 2.23. The normalized spacial score (nSPS) is 11.9. The zero-order valence-electron chi connectivity index (χ0n) is 13.9. The van der Waals surface area contributed by atoms with Gasteiger partial charge in [-0.05, 0) is 11.1 Å². The van der Waals surface area contributed by atoms with Gasteiger partial charge in [0.1, 0.15) is 5.69 Å². The van der Waals surface area contributed by atoms with Gasteiger partial charge in [0.25, 0.3) is 0 Å². The molecule has 0 amide bonds. The lowest BCUT2D eigenvalue weighted by molar-refractivity contribution is -0.144. The molecular weight excluding hydrogens is 318 g/mol. The summed E-state index contributed by atoms with van der Waals surface area (Å²) in [5.41, 5.74) is 3.37. The Bertz CT molecular complexity index is 829. The van der Waals surface area contributed by atoms with Crippen LogP contribution in [0, 0.1) is 0 Å². The summed E-state index contributed by atoms with van der Waals surface area (Å²) >= 11 is 0. The summed E-state index contributed by atoms with van der Waals surface area (Å²) < 4.78 is 6.46. The number of aliphatic hydroxyl groups is 1. The minimum atomic E-state index is -0.578. The van der Waals surface area contributed by atoms with Crippen molar-refractivity contribution < 1.29 is 14.6 Å². The largest absolute Gasteiger partial charge is 0.467 e. The molecule has 3 aromatic rings. The van der Waals surface area contributed by atoms with Crippen LogP contribution in [-0.2, 0) is 22.6 Å². The molecule has 1 aromatic heterocycles. The summed E-state index contributed by atoms with van der Waals surface area (Å²) in [4.78, 5) is 12.2. The van der Waals surface area contributed by atoms with E-state index in [1.54, 1.807) is 6.20 Å². The number of methoxy groups -OCH3 is 1. The van der Waals surface area contributed by atoms with Gasteiger partial charge in [-0.15, -0.1) is 5.10 Å². The van der Waals surface area contributed by atoms with Crippen LogP contribution in [0.25, 0.3) is 11.3 Å². The molecule has 1 unspecified atom stereocenters. The molecule has 2 aromatic carbocycles. The van der Waals surface area contributed by atoms with Crippen LogP contribution in [0.1, 0.15) is 17.2 Å². The second kappa shape index (κ2) is 7.72. The Morgan fingerprint density at radius 2 is 1.84 bits per heavy atom. The molecule has 128 valence electrons. The number of carbonyl (C=O) groups is 1. The Morgan fingerprint density at radius 3 is 2.48 bits per heavy atom. The van der Waals surface area contributed by atoms with Crippen LogP contribution in [0.4, 0.5) is 0 Å². The number of carbonyl (C=O) groups excluding carboxylic acids is 1. The van der Waals surface area contributed by atoms with Crippen LogP contribution in [0.15, 0.2) is 60.8 Å². The van der Waals surface area contributed by atoms with Gasteiger partial charge in [0.2, 0.25) is 0 Å². The Labute approximate surface area is 145 Å². The van der Waals surface area contributed by atoms with Crippen molar-refractivity contribution in [1.29, 1.82) is 0 Å². The Balaban J connectivity index is 1.86. The van der Waals surface area contributed by atoms with E-state index in [-0.39, 0.29) is 12.6 Å². The molecule has 0 saturated carbocycles. The van der Waals surface area contributed by atoms with E-state index in [4.69, 9.17) is 9.84 Å². The predicted molar refractivity (Wildman–Crippen MR) is 92.6 cm³/mol. The molecule has 1 heterocycles. The topological polar surface area (TPSA) is 77.2 Å². The average Bonchev–Trinajstić information content (AvgIpc) is 3.16. The molecular formula is C19H19N3O3. The van der Waals surface area contributed by atoms with Crippen molar-refractivity contribution in [2.75, 3.05) is 7.11 Å². The summed E-state index contributed by atoms with van der Waals surface area (Å²) in [5, 5.41) is 17.4. The van der Waals surface area contributed by atoms with Crippen molar-refractivity contribution >= 4 is 5.97 Å². The number of ether oxygens (including phenoxy) is 1. The number of hydrogen-bond donors (Lipinski definition) is 1. The standard InChI is InChI=1S/C19H19N3O3/c1-25-19(24)18(11-14-5-3-2-4-6-14)22-12-17(20-21-22)16-9-7-15(13-23)8-10-16/h2-10,12,18,23H,11,13H2,1H3. The minimum absolute atomic E-state index is 0.00550. The van der Waals surface area contributed by atoms with Crippen molar-refractivity contribution in [3.63, 3.8) is 0 Å². The lowest BCUT2D eigenvalue weighted by Crippen LogP contribution is -2.23. The fraction of sp³-hybridized carbons (Fsp3) is 0.211. The smallest absolute Gasteiger partial charge is 0.331 e. The summed E-state index contributed by atoms with van der Waals surface area (Å²) in [7, 11) is 1.37. The van der Waals surface area contributed by atoms with Crippen LogP contribution in [-0.4, -0.2) is 33.2 Å². The monoisotopic (exact) mass is 337 g/mol. The average molecular weight is 337 g/mol. The van der Waals surface area contributed by atoms with Crippen LogP contribution < -0.4 is 0 Å². The van der Waals surface area contributed by atoms with E-state index in [1.165, 1.54) is 11.8 Å². The highest BCUT2D eigenvalue weighted by molar-refractivity contribution is 5.74. The van der Waals surface area contributed by atoms with Crippen molar-refractivity contribution in [1.82, 2.24) is 15.0 Å². The molecule has 0 aliphatic carbocycles. The van der Waals surface area contributed by atoms with Gasteiger partial charge in [0, 0.05) is 12.0 Å². The third kappa shape index (κ3) is 3.92. The number of aromatic nitrogens is 3. The summed E-state index contributed by atoms with van der Waals surface area (Å²) in [6.45, 7) is -0.00550. The second-order valence-electron chi connectivity index (χ2n) is 5.67. The van der Waals surface area contributed by atoms with Crippen molar-refractivity contribution in [2.45, 2.75) is 19.1 Å². The van der Waals surface area contributed by atoms with E-state index in [0.717, 1.165) is 16.7 Å². The van der Waals surface area contributed by atoms with E-state index < -0.39 is 6.04 Å². The van der Waals surface area contributed by atoms with E-state index >= 15 is 0 Å². The Hall–Kier alpha value is -2.99. The molecule has 0 fully saturated rings. The van der Waals surface area contributed by atoms with Gasteiger partial charge < -0.3 is 9.84 Å². The lowest BCUT2D eigenvalue weighted by Gasteiger charge is -2.14. The SMILES string of the molecule is COC(=O)C(Cc1ccccc1)n1cc(-c2ccc(CO)cc2)nn1. The van der Waals surface area contributed by atoms with Gasteiger partial charge in [0.15, 0.2) is 6.04 Å². The van der Waals surface area contributed by atoms with E-state index in [1.807, 2.05) is 54.6 Å². The number of esters is 1. The first-order valence-corrected chi connectivity index (χ1v) is 7.95. The molecule has 0 aliphatic heterocycles. The van der Waals surface area contributed by atoms with E-state index in [0.29, 0.717) is 12.1 Å². The van der Waals surface area contributed by atoms with Gasteiger partial charge >= 0.3 is 5.97 Å². The fourth-order valence-corrected chi connectivity index (χ4v) is 2.60. The van der Waals surface area contributed by atoms with Crippen LogP contribution in [0.3, 0.4) is 0 Å². The summed E-state index contributed by atoms with van der Waals surface area (Å²) in [6, 6.07) is 16.5. The van der Waals surface area contributed by atoms with Gasteiger partial charge in [-0.2, -0.15) is 0 Å². The predicted octanol–water partition coefficient (Wildman–Crippen LogP) is 2.39. The molecule has 0 spiro atoms. The number of aliphatic hydroxyl groups excluding tert-OH is 1. The molecule has 0 saturated heterocycles. The number of nitrogens with zero attached hydrogens (tertiary/aromatic N) is 3. The highest BCUT2D eigenvalue weighted by Crippen LogP contribution is 2.21. The lowest BCUT2D eigenvalue weighted by atomic mass is 10.1. The maximum absolute atomic E-state index is 12.2. The quantitative estimate of drug-likeness (QED) is 0.699. The zero-order chi connectivity index (χ0) is 17.6. The summed E-state index contributed by atoms with van der Waals surface area (Å²) in [6.07, 6.45) is 2.21. The first-order chi connectivity index (χ1) is 12.2. The first kappa shape index (κ1) is 16.9. The van der Waals surface area contributed by atoms with Crippen LogP contribution >= 0.6 is 0 Å². The molecule has 0 aliphatic rings. The molecule has 1 atom stereocenters. The second-order valence-corrected chi connectivity index (χ2v) is 5.67. The van der Waals surface area contributed by atoms with Crippen molar-refractivity contribution in [3.05, 3.63) is 71.9 Å². The maximum atomic E-state index is 12.2. The molecule has 0 bridgehead atoms. The van der Waals surface area contributed by atoms with Gasteiger partial charge in [-0.3, -0.25) is 0 Å². The Morgan fingerprint density at radius 1 is 1.12 bits per heavy atom. The number of hydrogen-bond acceptors (Lipinski definition) is 5. The number of benzene rings is 2.